The number of nitrogens with zero attached hydrogens (tertiary/aromatic N) is 1. The average molecular weight is 444 g/mol. The zero-order chi connectivity index (χ0) is 21.7. The van der Waals surface area contributed by atoms with Crippen LogP contribution in [0, 0.1) is 12.3 Å². The zero-order valence-electron chi connectivity index (χ0n) is 15.6. The summed E-state index contributed by atoms with van der Waals surface area (Å²) in [5, 5.41) is 2.41. The lowest BCUT2D eigenvalue weighted by Gasteiger charge is -2.13. The fourth-order valence-corrected chi connectivity index (χ4v) is 4.34. The number of thioether (sulfide) groups is 1. The highest BCUT2D eigenvalue weighted by atomic mass is 32.2. The van der Waals surface area contributed by atoms with Gasteiger partial charge in [-0.25, -0.2) is 8.42 Å². The van der Waals surface area contributed by atoms with Crippen molar-refractivity contribution in [2.75, 3.05) is 17.6 Å². The second kappa shape index (κ2) is 9.13. The Morgan fingerprint density at radius 2 is 1.90 bits per heavy atom. The molecule has 3 amide bonds. The molecule has 1 heterocycles. The van der Waals surface area contributed by atoms with Gasteiger partial charge in [-0.1, -0.05) is 35.9 Å². The van der Waals surface area contributed by atoms with Crippen LogP contribution in [0.25, 0.3) is 0 Å². The molecule has 30 heavy (non-hydrogen) atoms. The molecule has 0 radical (unpaired) electrons. The van der Waals surface area contributed by atoms with Gasteiger partial charge < -0.3 is 5.32 Å². The number of carbonyl (C=O) groups excluding carboxylic acids is 3. The monoisotopic (exact) mass is 443 g/mol. The van der Waals surface area contributed by atoms with E-state index in [0.717, 1.165) is 17.3 Å². The van der Waals surface area contributed by atoms with E-state index in [4.69, 9.17) is 6.42 Å². The summed E-state index contributed by atoms with van der Waals surface area (Å²) in [5.41, 5.74) is 1.38. The van der Waals surface area contributed by atoms with Crippen LogP contribution >= 0.6 is 11.8 Å². The molecule has 8 nitrogen and oxygen atoms in total. The first-order chi connectivity index (χ1) is 14.3. The Labute approximate surface area is 178 Å². The van der Waals surface area contributed by atoms with Gasteiger partial charge in [0.2, 0.25) is 15.9 Å². The maximum atomic E-state index is 12.5. The first-order valence-corrected chi connectivity index (χ1v) is 11.2. The fourth-order valence-electron chi connectivity index (χ4n) is 2.64. The van der Waals surface area contributed by atoms with Crippen LogP contribution in [-0.4, -0.2) is 42.7 Å². The summed E-state index contributed by atoms with van der Waals surface area (Å²) >= 11 is 0.972. The molecule has 0 unspecified atom stereocenters. The molecule has 3 rings (SSSR count). The number of carbonyl (C=O) groups is 3. The predicted molar refractivity (Wildman–Crippen MR) is 113 cm³/mol. The maximum Gasteiger partial charge on any atom is 0.289 e. The fraction of sp³-hybridized carbons (Fsp3) is 0.150. The van der Waals surface area contributed by atoms with Gasteiger partial charge in [0.15, 0.2) is 0 Å². The number of anilines is 1. The maximum absolute atomic E-state index is 12.5. The first kappa shape index (κ1) is 21.6. The van der Waals surface area contributed by atoms with Gasteiger partial charge in [0.25, 0.3) is 11.1 Å². The molecule has 2 N–H and O–H groups in total. The molecule has 1 fully saturated rings. The summed E-state index contributed by atoms with van der Waals surface area (Å²) in [6.07, 6.45) is 5.07. The highest BCUT2D eigenvalue weighted by Gasteiger charge is 2.29. The van der Waals surface area contributed by atoms with Gasteiger partial charge in [-0.2, -0.15) is 4.72 Å². The van der Waals surface area contributed by atoms with E-state index in [1.54, 1.807) is 24.3 Å². The van der Waals surface area contributed by atoms with Crippen LogP contribution in [0.4, 0.5) is 10.5 Å². The van der Waals surface area contributed by atoms with Crippen LogP contribution in [0.2, 0.25) is 0 Å². The summed E-state index contributed by atoms with van der Waals surface area (Å²) in [6, 6.07) is 12.2. The van der Waals surface area contributed by atoms with Crippen LogP contribution < -0.4 is 10.0 Å². The lowest BCUT2D eigenvalue weighted by molar-refractivity contribution is -0.125. The molecule has 1 aliphatic rings. The summed E-state index contributed by atoms with van der Waals surface area (Å²) < 4.78 is 26.6. The topological polar surface area (TPSA) is 113 Å². The van der Waals surface area contributed by atoms with Crippen LogP contribution in [0.5, 0.6) is 0 Å². The largest absolute Gasteiger partial charge is 0.322 e. The number of rotatable bonds is 7. The molecule has 1 saturated heterocycles. The molecule has 154 valence electrons. The quantitative estimate of drug-likeness (QED) is 0.634. The smallest absolute Gasteiger partial charge is 0.289 e. The van der Waals surface area contributed by atoms with Gasteiger partial charge in [0.1, 0.15) is 0 Å². The third kappa shape index (κ3) is 5.07. The summed E-state index contributed by atoms with van der Waals surface area (Å²) in [6.45, 7) is 0.0157. The molecule has 0 atom stereocenters. The number of amides is 3. The van der Waals surface area contributed by atoms with Gasteiger partial charge in [0, 0.05) is 11.3 Å². The van der Waals surface area contributed by atoms with Crippen LogP contribution in [0.15, 0.2) is 53.4 Å². The zero-order valence-corrected chi connectivity index (χ0v) is 17.3. The van der Waals surface area contributed by atoms with E-state index in [2.05, 4.69) is 16.0 Å². The third-order valence-corrected chi connectivity index (χ3v) is 6.42. The highest BCUT2D eigenvalue weighted by molar-refractivity contribution is 8.14. The Morgan fingerprint density at radius 3 is 2.53 bits per heavy atom. The standard InChI is InChI=1S/C20H17N3O5S2/c1-2-10-21-30(27,28)17-5-3-4-15(11-17)19(25)22-16-8-6-14(7-9-16)12-23-18(24)13-29-20(23)26/h1,3-9,11,21H,10,12-13H2,(H,22,25). The van der Waals surface area contributed by atoms with Crippen molar-refractivity contribution in [2.24, 2.45) is 0 Å². The molecular formula is C20H17N3O5S2. The third-order valence-electron chi connectivity index (χ3n) is 4.16. The number of benzene rings is 2. The van der Waals surface area contributed by atoms with Gasteiger partial charge in [-0.3, -0.25) is 19.3 Å². The van der Waals surface area contributed by atoms with E-state index in [0.29, 0.717) is 5.69 Å². The second-order valence-electron chi connectivity index (χ2n) is 6.24. The number of hydrogen-bond donors (Lipinski definition) is 2. The molecule has 0 aliphatic carbocycles. The van der Waals surface area contributed by atoms with Gasteiger partial charge in [0.05, 0.1) is 23.7 Å². The molecule has 0 spiro atoms. The Kier molecular flexibility index (Phi) is 6.56. The van der Waals surface area contributed by atoms with Crippen LogP contribution in [0.3, 0.4) is 0 Å². The molecule has 1 aliphatic heterocycles. The van der Waals surface area contributed by atoms with Crippen molar-refractivity contribution in [2.45, 2.75) is 11.4 Å². The van der Waals surface area contributed by atoms with Gasteiger partial charge in [-0.05, 0) is 35.9 Å². The Bertz CT molecular complexity index is 1120. The van der Waals surface area contributed by atoms with Crippen molar-refractivity contribution < 1.29 is 22.8 Å². The lowest BCUT2D eigenvalue weighted by Crippen LogP contribution is -2.27. The average Bonchev–Trinajstić information content (AvgIpc) is 3.05. The molecule has 10 heteroatoms. The molecule has 0 aromatic heterocycles. The first-order valence-electron chi connectivity index (χ1n) is 8.71. The SMILES string of the molecule is C#CCNS(=O)(=O)c1cccc(C(=O)Nc2ccc(CN3C(=O)CSC3=O)cc2)c1. The van der Waals surface area contributed by atoms with Crippen molar-refractivity contribution >= 4 is 44.5 Å². The van der Waals surface area contributed by atoms with Crippen molar-refractivity contribution in [1.29, 1.82) is 0 Å². The van der Waals surface area contributed by atoms with Crippen molar-refractivity contribution in [3.63, 3.8) is 0 Å². The number of terminal acetylenes is 1. The number of hydrogen-bond acceptors (Lipinski definition) is 6. The van der Waals surface area contributed by atoms with Crippen LogP contribution in [0.1, 0.15) is 15.9 Å². The van der Waals surface area contributed by atoms with E-state index >= 15 is 0 Å². The molecule has 2 aromatic rings. The number of imide groups is 1. The Hall–Kier alpha value is -3.13. The van der Waals surface area contributed by atoms with E-state index in [9.17, 15) is 22.8 Å². The Balaban J connectivity index is 1.68. The molecular weight excluding hydrogens is 426 g/mol. The summed E-state index contributed by atoms with van der Waals surface area (Å²) in [7, 11) is -3.81. The van der Waals surface area contributed by atoms with Crippen molar-refractivity contribution in [1.82, 2.24) is 9.62 Å². The highest BCUT2D eigenvalue weighted by Crippen LogP contribution is 2.22. The minimum atomic E-state index is -3.81. The number of sulfonamides is 1. The summed E-state index contributed by atoms with van der Waals surface area (Å²) in [4.78, 5) is 37.0. The Morgan fingerprint density at radius 1 is 1.17 bits per heavy atom. The van der Waals surface area contributed by atoms with Crippen LogP contribution in [-0.2, 0) is 21.4 Å². The molecule has 0 saturated carbocycles. The molecule has 0 bridgehead atoms. The van der Waals surface area contributed by atoms with Gasteiger partial charge >= 0.3 is 0 Å². The second-order valence-corrected chi connectivity index (χ2v) is 8.94. The van der Waals surface area contributed by atoms with E-state index in [-0.39, 0.29) is 40.4 Å². The van der Waals surface area contributed by atoms with Gasteiger partial charge in [-0.15, -0.1) is 6.42 Å². The summed E-state index contributed by atoms with van der Waals surface area (Å²) in [5.74, 6) is 1.62. The van der Waals surface area contributed by atoms with E-state index < -0.39 is 15.9 Å². The van der Waals surface area contributed by atoms with Crippen molar-refractivity contribution in [3.05, 3.63) is 59.7 Å². The lowest BCUT2D eigenvalue weighted by atomic mass is 10.1. The number of nitrogens with one attached hydrogen (secondary N) is 2. The van der Waals surface area contributed by atoms with Crippen molar-refractivity contribution in [3.8, 4) is 12.3 Å². The van der Waals surface area contributed by atoms with E-state index in [1.807, 2.05) is 0 Å². The normalized spacial score (nSPS) is 13.9. The van der Waals surface area contributed by atoms with E-state index in [1.165, 1.54) is 29.2 Å². The minimum absolute atomic E-state index is 0.0708. The molecule has 2 aromatic carbocycles. The minimum Gasteiger partial charge on any atom is -0.322 e. The predicted octanol–water partition coefficient (Wildman–Crippen LogP) is 2.05.